The Morgan fingerprint density at radius 3 is 2.62 bits per heavy atom. The van der Waals surface area contributed by atoms with Crippen LogP contribution in [0.5, 0.6) is 5.75 Å². The molecule has 1 aromatic carbocycles. The van der Waals surface area contributed by atoms with E-state index in [4.69, 9.17) is 10.5 Å². The Kier molecular flexibility index (Phi) is 3.74. The molecule has 1 fully saturated rings. The normalized spacial score (nSPS) is 17.4. The molecule has 0 aromatic heterocycles. The molecule has 0 unspecified atom stereocenters. The van der Waals surface area contributed by atoms with E-state index in [2.05, 4.69) is 15.9 Å². The number of anilines is 1. The van der Waals surface area contributed by atoms with Crippen molar-refractivity contribution in [2.75, 3.05) is 5.73 Å². The van der Waals surface area contributed by atoms with Crippen LogP contribution in [0.1, 0.15) is 37.7 Å². The van der Waals surface area contributed by atoms with E-state index in [1.54, 1.807) is 0 Å². The minimum atomic E-state index is 0.382. The van der Waals surface area contributed by atoms with Crippen molar-refractivity contribution in [2.24, 2.45) is 0 Å². The molecular formula is C13H18BrNO. The summed E-state index contributed by atoms with van der Waals surface area (Å²) in [6, 6.07) is 3.95. The molecule has 2 rings (SSSR count). The number of nitrogens with two attached hydrogens (primary N) is 1. The fourth-order valence-electron chi connectivity index (χ4n) is 2.12. The van der Waals surface area contributed by atoms with Gasteiger partial charge in [0.05, 0.1) is 10.6 Å². The Hall–Kier alpha value is -0.700. The van der Waals surface area contributed by atoms with Gasteiger partial charge in [-0.2, -0.15) is 0 Å². The van der Waals surface area contributed by atoms with E-state index < -0.39 is 0 Å². The molecule has 16 heavy (non-hydrogen) atoms. The van der Waals surface area contributed by atoms with Gasteiger partial charge in [-0.05, 0) is 66.2 Å². The monoisotopic (exact) mass is 283 g/mol. The first-order valence-electron chi connectivity index (χ1n) is 5.89. The predicted octanol–water partition coefficient (Wildman–Crippen LogP) is 4.05. The van der Waals surface area contributed by atoms with E-state index in [-0.39, 0.29) is 0 Å². The predicted molar refractivity (Wildman–Crippen MR) is 70.8 cm³/mol. The average Bonchev–Trinajstić information content (AvgIpc) is 2.27. The van der Waals surface area contributed by atoms with Crippen molar-refractivity contribution in [1.29, 1.82) is 0 Å². The van der Waals surface area contributed by atoms with Crippen molar-refractivity contribution < 1.29 is 4.74 Å². The van der Waals surface area contributed by atoms with E-state index >= 15 is 0 Å². The minimum absolute atomic E-state index is 0.382. The SMILES string of the molecule is Cc1cc(OC2CCCCC2)c(Br)cc1N. The van der Waals surface area contributed by atoms with E-state index in [0.29, 0.717) is 6.10 Å². The summed E-state index contributed by atoms with van der Waals surface area (Å²) in [6.07, 6.45) is 6.66. The lowest BCUT2D eigenvalue weighted by Crippen LogP contribution is -2.19. The average molecular weight is 284 g/mol. The Balaban J connectivity index is 2.11. The molecule has 0 spiro atoms. The highest BCUT2D eigenvalue weighted by Gasteiger charge is 2.16. The molecule has 1 aromatic rings. The number of aryl methyl sites for hydroxylation is 1. The summed E-state index contributed by atoms with van der Waals surface area (Å²) in [5.74, 6) is 0.929. The van der Waals surface area contributed by atoms with Gasteiger partial charge in [0.25, 0.3) is 0 Å². The largest absolute Gasteiger partial charge is 0.489 e. The summed E-state index contributed by atoms with van der Waals surface area (Å²) in [6.45, 7) is 2.01. The maximum absolute atomic E-state index is 6.02. The Labute approximate surface area is 105 Å². The van der Waals surface area contributed by atoms with E-state index in [0.717, 1.165) is 21.5 Å². The van der Waals surface area contributed by atoms with Gasteiger partial charge in [0.15, 0.2) is 0 Å². The number of hydrogen-bond donors (Lipinski definition) is 1. The fourth-order valence-corrected chi connectivity index (χ4v) is 2.58. The molecule has 3 heteroatoms. The first-order valence-corrected chi connectivity index (χ1v) is 6.68. The molecule has 0 radical (unpaired) electrons. The van der Waals surface area contributed by atoms with Crippen LogP contribution in [0.2, 0.25) is 0 Å². The van der Waals surface area contributed by atoms with Gasteiger partial charge in [-0.3, -0.25) is 0 Å². The van der Waals surface area contributed by atoms with Crippen molar-refractivity contribution in [3.63, 3.8) is 0 Å². The number of benzene rings is 1. The smallest absolute Gasteiger partial charge is 0.134 e. The molecule has 1 aliphatic carbocycles. The van der Waals surface area contributed by atoms with Gasteiger partial charge >= 0.3 is 0 Å². The summed E-state index contributed by atoms with van der Waals surface area (Å²) in [7, 11) is 0. The van der Waals surface area contributed by atoms with Crippen molar-refractivity contribution in [1.82, 2.24) is 0 Å². The second-order valence-electron chi connectivity index (χ2n) is 4.52. The Morgan fingerprint density at radius 1 is 1.25 bits per heavy atom. The molecule has 0 amide bonds. The molecule has 88 valence electrons. The number of rotatable bonds is 2. The summed E-state index contributed by atoms with van der Waals surface area (Å²) in [5.41, 5.74) is 7.72. The van der Waals surface area contributed by atoms with Gasteiger partial charge in [0.1, 0.15) is 5.75 Å². The molecule has 2 nitrogen and oxygen atoms in total. The maximum Gasteiger partial charge on any atom is 0.134 e. The van der Waals surface area contributed by atoms with Gasteiger partial charge in [-0.15, -0.1) is 0 Å². The van der Waals surface area contributed by atoms with Crippen LogP contribution in [0.25, 0.3) is 0 Å². The zero-order chi connectivity index (χ0) is 11.5. The second kappa shape index (κ2) is 5.09. The van der Waals surface area contributed by atoms with Gasteiger partial charge in [0.2, 0.25) is 0 Å². The number of hydrogen-bond acceptors (Lipinski definition) is 2. The van der Waals surface area contributed by atoms with Crippen molar-refractivity contribution >= 4 is 21.6 Å². The topological polar surface area (TPSA) is 35.2 Å². The van der Waals surface area contributed by atoms with E-state index in [9.17, 15) is 0 Å². The standard InChI is InChI=1S/C13H18BrNO/c1-9-7-13(11(14)8-12(9)15)16-10-5-3-2-4-6-10/h7-8,10H,2-6,15H2,1H3. The first kappa shape index (κ1) is 11.8. The van der Waals surface area contributed by atoms with Gasteiger partial charge in [0, 0.05) is 5.69 Å². The molecule has 0 bridgehead atoms. The molecule has 1 aliphatic rings. The molecule has 0 heterocycles. The summed E-state index contributed by atoms with van der Waals surface area (Å²) >= 11 is 3.50. The molecular weight excluding hydrogens is 266 g/mol. The molecule has 1 saturated carbocycles. The minimum Gasteiger partial charge on any atom is -0.489 e. The first-order chi connectivity index (χ1) is 7.66. The zero-order valence-electron chi connectivity index (χ0n) is 9.63. The van der Waals surface area contributed by atoms with Gasteiger partial charge in [-0.1, -0.05) is 6.42 Å². The van der Waals surface area contributed by atoms with E-state index in [1.807, 2.05) is 19.1 Å². The lowest BCUT2D eigenvalue weighted by molar-refractivity contribution is 0.154. The van der Waals surface area contributed by atoms with Crippen LogP contribution in [0.15, 0.2) is 16.6 Å². The lowest BCUT2D eigenvalue weighted by Gasteiger charge is -2.24. The third kappa shape index (κ3) is 2.70. The fraction of sp³-hybridized carbons (Fsp3) is 0.538. The highest BCUT2D eigenvalue weighted by atomic mass is 79.9. The van der Waals surface area contributed by atoms with E-state index in [1.165, 1.54) is 32.1 Å². The molecule has 2 N–H and O–H groups in total. The van der Waals surface area contributed by atoms with Crippen LogP contribution in [0.3, 0.4) is 0 Å². The Bertz CT molecular complexity index is 372. The van der Waals surface area contributed by atoms with Crippen molar-refractivity contribution in [3.8, 4) is 5.75 Å². The number of ether oxygens (including phenoxy) is 1. The van der Waals surface area contributed by atoms with Crippen molar-refractivity contribution in [3.05, 3.63) is 22.2 Å². The summed E-state index contributed by atoms with van der Waals surface area (Å²) < 4.78 is 6.98. The van der Waals surface area contributed by atoms with Gasteiger partial charge in [-0.25, -0.2) is 0 Å². The third-order valence-electron chi connectivity index (χ3n) is 3.17. The maximum atomic E-state index is 6.02. The number of halogens is 1. The molecule has 0 atom stereocenters. The van der Waals surface area contributed by atoms with Crippen LogP contribution in [-0.2, 0) is 0 Å². The second-order valence-corrected chi connectivity index (χ2v) is 5.37. The summed E-state index contributed by atoms with van der Waals surface area (Å²) in [4.78, 5) is 0. The molecule has 0 saturated heterocycles. The van der Waals surface area contributed by atoms with Crippen LogP contribution in [0, 0.1) is 6.92 Å². The van der Waals surface area contributed by atoms with Crippen LogP contribution in [0.4, 0.5) is 5.69 Å². The van der Waals surface area contributed by atoms with Gasteiger partial charge < -0.3 is 10.5 Å². The number of nitrogen functional groups attached to an aromatic ring is 1. The Morgan fingerprint density at radius 2 is 1.94 bits per heavy atom. The van der Waals surface area contributed by atoms with Crippen LogP contribution >= 0.6 is 15.9 Å². The lowest BCUT2D eigenvalue weighted by atomic mass is 9.98. The zero-order valence-corrected chi connectivity index (χ0v) is 11.2. The van der Waals surface area contributed by atoms with Crippen LogP contribution in [-0.4, -0.2) is 6.10 Å². The summed E-state index contributed by atoms with van der Waals surface area (Å²) in [5, 5.41) is 0. The third-order valence-corrected chi connectivity index (χ3v) is 3.79. The molecule has 0 aliphatic heterocycles. The highest BCUT2D eigenvalue weighted by Crippen LogP contribution is 2.32. The quantitative estimate of drug-likeness (QED) is 0.831. The van der Waals surface area contributed by atoms with Crippen molar-refractivity contribution in [2.45, 2.75) is 45.1 Å². The van der Waals surface area contributed by atoms with Crippen LogP contribution < -0.4 is 10.5 Å². The highest BCUT2D eigenvalue weighted by molar-refractivity contribution is 9.10.